The zero-order valence-electron chi connectivity index (χ0n) is 12.9. The summed E-state index contributed by atoms with van der Waals surface area (Å²) >= 11 is 7.06. The second-order valence-electron chi connectivity index (χ2n) is 6.73. The molecule has 0 aliphatic rings. The normalized spacial score (nSPS) is 12.0. The molecular weight excluding hydrogens is 404 g/mol. The Kier molecular flexibility index (Phi) is 4.17. The standard InChI is InChI=1S/C18H18Br2N2/c1-18(2,3)10-15-17(12-4-6-13(19)7-5-12)21-16-9-8-14(20)11-22(15)16/h4-9,11H,10H2,1-3H3. The third kappa shape index (κ3) is 3.28. The molecule has 2 nitrogen and oxygen atoms in total. The van der Waals surface area contributed by atoms with Crippen LogP contribution in [0, 0.1) is 5.41 Å². The Hall–Kier alpha value is -1.13. The molecule has 0 radical (unpaired) electrons. The molecule has 3 aromatic rings. The summed E-state index contributed by atoms with van der Waals surface area (Å²) in [4.78, 5) is 4.86. The maximum absolute atomic E-state index is 4.86. The van der Waals surface area contributed by atoms with Gasteiger partial charge in [-0.25, -0.2) is 4.98 Å². The summed E-state index contributed by atoms with van der Waals surface area (Å²) in [6.07, 6.45) is 3.07. The number of rotatable bonds is 2. The van der Waals surface area contributed by atoms with Crippen LogP contribution in [-0.4, -0.2) is 9.38 Å². The highest BCUT2D eigenvalue weighted by Crippen LogP contribution is 2.31. The van der Waals surface area contributed by atoms with Crippen LogP contribution in [0.25, 0.3) is 16.9 Å². The number of aromatic nitrogens is 2. The van der Waals surface area contributed by atoms with Crippen molar-refractivity contribution in [2.45, 2.75) is 27.2 Å². The van der Waals surface area contributed by atoms with E-state index in [4.69, 9.17) is 4.98 Å². The second kappa shape index (κ2) is 5.82. The molecule has 0 N–H and O–H groups in total. The van der Waals surface area contributed by atoms with Gasteiger partial charge in [-0.2, -0.15) is 0 Å². The summed E-state index contributed by atoms with van der Waals surface area (Å²) in [5.74, 6) is 0. The van der Waals surface area contributed by atoms with E-state index in [0.29, 0.717) is 0 Å². The van der Waals surface area contributed by atoms with Gasteiger partial charge < -0.3 is 4.40 Å². The number of hydrogen-bond acceptors (Lipinski definition) is 1. The minimum absolute atomic E-state index is 0.197. The first-order valence-corrected chi connectivity index (χ1v) is 8.84. The molecule has 0 saturated carbocycles. The van der Waals surface area contributed by atoms with Gasteiger partial charge in [-0.05, 0) is 52.0 Å². The van der Waals surface area contributed by atoms with Gasteiger partial charge in [0.25, 0.3) is 0 Å². The largest absolute Gasteiger partial charge is 0.302 e. The topological polar surface area (TPSA) is 17.3 Å². The summed E-state index contributed by atoms with van der Waals surface area (Å²) < 4.78 is 4.35. The smallest absolute Gasteiger partial charge is 0.137 e. The van der Waals surface area contributed by atoms with Crippen LogP contribution in [0.5, 0.6) is 0 Å². The predicted molar refractivity (Wildman–Crippen MR) is 99.2 cm³/mol. The lowest BCUT2D eigenvalue weighted by Gasteiger charge is -2.19. The van der Waals surface area contributed by atoms with Gasteiger partial charge >= 0.3 is 0 Å². The summed E-state index contributed by atoms with van der Waals surface area (Å²) in [5.41, 5.74) is 4.66. The van der Waals surface area contributed by atoms with Crippen molar-refractivity contribution >= 4 is 37.5 Å². The van der Waals surface area contributed by atoms with Crippen molar-refractivity contribution in [3.63, 3.8) is 0 Å². The summed E-state index contributed by atoms with van der Waals surface area (Å²) in [6.45, 7) is 6.78. The highest BCUT2D eigenvalue weighted by atomic mass is 79.9. The van der Waals surface area contributed by atoms with Crippen LogP contribution in [0.4, 0.5) is 0 Å². The van der Waals surface area contributed by atoms with Gasteiger partial charge in [0, 0.05) is 20.7 Å². The van der Waals surface area contributed by atoms with Crippen LogP contribution in [0.3, 0.4) is 0 Å². The molecule has 0 saturated heterocycles. The fourth-order valence-electron chi connectivity index (χ4n) is 2.58. The van der Waals surface area contributed by atoms with Gasteiger partial charge in [-0.1, -0.05) is 48.8 Å². The first-order valence-electron chi connectivity index (χ1n) is 7.26. The van der Waals surface area contributed by atoms with Crippen molar-refractivity contribution in [2.24, 2.45) is 5.41 Å². The lowest BCUT2D eigenvalue weighted by molar-refractivity contribution is 0.405. The van der Waals surface area contributed by atoms with Crippen LogP contribution >= 0.6 is 31.9 Å². The van der Waals surface area contributed by atoms with Crippen LogP contribution in [0.2, 0.25) is 0 Å². The Morgan fingerprint density at radius 2 is 1.59 bits per heavy atom. The lowest BCUT2D eigenvalue weighted by atomic mass is 9.89. The molecule has 0 aliphatic carbocycles. The number of hydrogen-bond donors (Lipinski definition) is 0. The molecule has 22 heavy (non-hydrogen) atoms. The van der Waals surface area contributed by atoms with E-state index in [9.17, 15) is 0 Å². The van der Waals surface area contributed by atoms with Crippen LogP contribution < -0.4 is 0 Å². The fraction of sp³-hybridized carbons (Fsp3) is 0.278. The summed E-state index contributed by atoms with van der Waals surface area (Å²) in [6, 6.07) is 12.5. The van der Waals surface area contributed by atoms with E-state index in [1.165, 1.54) is 5.69 Å². The lowest BCUT2D eigenvalue weighted by Crippen LogP contribution is -2.11. The summed E-state index contributed by atoms with van der Waals surface area (Å²) in [7, 11) is 0. The minimum atomic E-state index is 0.197. The third-order valence-electron chi connectivity index (χ3n) is 3.50. The first kappa shape index (κ1) is 15.8. The molecule has 114 valence electrons. The molecule has 3 rings (SSSR count). The Balaban J connectivity index is 2.23. The number of pyridine rings is 1. The molecule has 0 atom stereocenters. The second-order valence-corrected chi connectivity index (χ2v) is 8.56. The highest BCUT2D eigenvalue weighted by molar-refractivity contribution is 9.10. The number of benzene rings is 1. The van der Waals surface area contributed by atoms with Gasteiger partial charge in [0.2, 0.25) is 0 Å². The monoisotopic (exact) mass is 420 g/mol. The summed E-state index contributed by atoms with van der Waals surface area (Å²) in [5, 5.41) is 0. The molecular formula is C18H18Br2N2. The van der Waals surface area contributed by atoms with Crippen LogP contribution in [-0.2, 0) is 6.42 Å². The van der Waals surface area contributed by atoms with Gasteiger partial charge in [0.15, 0.2) is 0 Å². The van der Waals surface area contributed by atoms with Crippen molar-refractivity contribution in [3.8, 4) is 11.3 Å². The Morgan fingerprint density at radius 1 is 0.955 bits per heavy atom. The molecule has 0 fully saturated rings. The SMILES string of the molecule is CC(C)(C)Cc1c(-c2ccc(Br)cc2)nc2ccc(Br)cn12. The highest BCUT2D eigenvalue weighted by Gasteiger charge is 2.20. The number of halogens is 2. The molecule has 0 aliphatic heterocycles. The van der Waals surface area contributed by atoms with E-state index >= 15 is 0 Å². The Morgan fingerprint density at radius 3 is 2.23 bits per heavy atom. The quantitative estimate of drug-likeness (QED) is 0.487. The van der Waals surface area contributed by atoms with Gasteiger partial charge in [-0.15, -0.1) is 0 Å². The third-order valence-corrected chi connectivity index (χ3v) is 4.49. The Bertz CT molecular complexity index is 811. The van der Waals surface area contributed by atoms with Crippen molar-refractivity contribution < 1.29 is 0 Å². The van der Waals surface area contributed by atoms with Crippen molar-refractivity contribution in [3.05, 3.63) is 57.2 Å². The molecule has 0 amide bonds. The fourth-order valence-corrected chi connectivity index (χ4v) is 3.18. The van der Waals surface area contributed by atoms with Crippen molar-refractivity contribution in [2.75, 3.05) is 0 Å². The molecule has 0 bridgehead atoms. The first-order chi connectivity index (χ1) is 10.3. The maximum Gasteiger partial charge on any atom is 0.137 e. The van der Waals surface area contributed by atoms with Crippen LogP contribution in [0.1, 0.15) is 26.5 Å². The molecule has 2 heterocycles. The average Bonchev–Trinajstić information content (AvgIpc) is 2.76. The average molecular weight is 422 g/mol. The molecule has 4 heteroatoms. The number of nitrogens with zero attached hydrogens (tertiary/aromatic N) is 2. The van der Waals surface area contributed by atoms with E-state index in [1.807, 2.05) is 6.07 Å². The van der Waals surface area contributed by atoms with E-state index < -0.39 is 0 Å². The van der Waals surface area contributed by atoms with Crippen LogP contribution in [0.15, 0.2) is 51.5 Å². The van der Waals surface area contributed by atoms with E-state index in [1.54, 1.807) is 0 Å². The molecule has 0 unspecified atom stereocenters. The molecule has 0 spiro atoms. The van der Waals surface area contributed by atoms with Crippen molar-refractivity contribution in [1.82, 2.24) is 9.38 Å². The zero-order valence-corrected chi connectivity index (χ0v) is 16.1. The van der Waals surface area contributed by atoms with Gasteiger partial charge in [-0.3, -0.25) is 0 Å². The van der Waals surface area contributed by atoms with E-state index in [2.05, 4.69) is 93.6 Å². The Labute approximate surface area is 147 Å². The van der Waals surface area contributed by atoms with Crippen molar-refractivity contribution in [1.29, 1.82) is 0 Å². The van der Waals surface area contributed by atoms with Gasteiger partial charge in [0.1, 0.15) is 5.65 Å². The predicted octanol–water partition coefficient (Wildman–Crippen LogP) is 6.11. The van der Waals surface area contributed by atoms with Gasteiger partial charge in [0.05, 0.1) is 11.4 Å². The molecule has 1 aromatic carbocycles. The maximum atomic E-state index is 4.86. The minimum Gasteiger partial charge on any atom is -0.302 e. The zero-order chi connectivity index (χ0) is 15.9. The number of fused-ring (bicyclic) bond motifs is 1. The van der Waals surface area contributed by atoms with E-state index in [-0.39, 0.29) is 5.41 Å². The molecule has 2 aromatic heterocycles. The number of imidazole rings is 1. The van der Waals surface area contributed by atoms with E-state index in [0.717, 1.165) is 32.3 Å².